The van der Waals surface area contributed by atoms with Crippen LogP contribution in [-0.4, -0.2) is 20.1 Å². The van der Waals surface area contributed by atoms with E-state index in [2.05, 4.69) is 10.3 Å². The second kappa shape index (κ2) is 4.12. The molecule has 0 aliphatic heterocycles. The molecular weight excluding hydrogens is 210 g/mol. The average Bonchev–Trinajstić information content (AvgIpc) is 2.75. The lowest BCUT2D eigenvalue weighted by Crippen LogP contribution is -2.01. The SMILES string of the molecule is Cc1ccsc1C(O)Cc1cn(C)nn1. The van der Waals surface area contributed by atoms with E-state index in [9.17, 15) is 5.11 Å². The lowest BCUT2D eigenvalue weighted by atomic mass is 10.1. The van der Waals surface area contributed by atoms with E-state index >= 15 is 0 Å². The number of aryl methyl sites for hydroxylation is 2. The van der Waals surface area contributed by atoms with Gasteiger partial charge in [0.25, 0.3) is 0 Å². The molecule has 0 saturated heterocycles. The summed E-state index contributed by atoms with van der Waals surface area (Å²) >= 11 is 1.58. The van der Waals surface area contributed by atoms with Crippen molar-refractivity contribution in [3.8, 4) is 0 Å². The van der Waals surface area contributed by atoms with Crippen LogP contribution in [-0.2, 0) is 13.5 Å². The van der Waals surface area contributed by atoms with Crippen molar-refractivity contribution in [2.24, 2.45) is 7.05 Å². The summed E-state index contributed by atoms with van der Waals surface area (Å²) in [7, 11) is 1.82. The van der Waals surface area contributed by atoms with E-state index in [0.29, 0.717) is 6.42 Å². The number of nitrogens with zero attached hydrogens (tertiary/aromatic N) is 3. The van der Waals surface area contributed by atoms with Crippen LogP contribution >= 0.6 is 11.3 Å². The molecule has 80 valence electrons. The normalized spacial score (nSPS) is 13.0. The standard InChI is InChI=1S/C10H13N3OS/c1-7-3-4-15-10(7)9(14)5-8-6-13(2)12-11-8/h3-4,6,9,14H,5H2,1-2H3. The molecule has 1 unspecified atom stereocenters. The van der Waals surface area contributed by atoms with Gasteiger partial charge in [0.2, 0.25) is 0 Å². The third-order valence-electron chi connectivity index (χ3n) is 2.26. The van der Waals surface area contributed by atoms with Gasteiger partial charge in [-0.15, -0.1) is 16.4 Å². The molecule has 5 heteroatoms. The molecule has 2 heterocycles. The van der Waals surface area contributed by atoms with Crippen LogP contribution in [0.1, 0.15) is 22.2 Å². The molecule has 4 nitrogen and oxygen atoms in total. The predicted octanol–water partition coefficient (Wildman–Crippen LogP) is 1.46. The maximum atomic E-state index is 9.99. The Morgan fingerprint density at radius 1 is 1.60 bits per heavy atom. The van der Waals surface area contributed by atoms with Crippen LogP contribution in [0.2, 0.25) is 0 Å². The van der Waals surface area contributed by atoms with Crippen molar-refractivity contribution in [2.45, 2.75) is 19.4 Å². The number of hydrogen-bond acceptors (Lipinski definition) is 4. The Balaban J connectivity index is 2.10. The van der Waals surface area contributed by atoms with Crippen LogP contribution in [0.15, 0.2) is 17.6 Å². The largest absolute Gasteiger partial charge is 0.387 e. The minimum Gasteiger partial charge on any atom is -0.387 e. The molecule has 0 saturated carbocycles. The molecular formula is C10H13N3OS. The summed E-state index contributed by atoms with van der Waals surface area (Å²) in [6.07, 6.45) is 1.88. The fraction of sp³-hybridized carbons (Fsp3) is 0.400. The van der Waals surface area contributed by atoms with Gasteiger partial charge in [-0.2, -0.15) is 0 Å². The molecule has 0 aliphatic rings. The van der Waals surface area contributed by atoms with E-state index in [-0.39, 0.29) is 0 Å². The summed E-state index contributed by atoms with van der Waals surface area (Å²) in [5.41, 5.74) is 1.95. The average molecular weight is 223 g/mol. The van der Waals surface area contributed by atoms with Crippen molar-refractivity contribution in [2.75, 3.05) is 0 Å². The highest BCUT2D eigenvalue weighted by molar-refractivity contribution is 7.10. The fourth-order valence-electron chi connectivity index (χ4n) is 1.51. The molecule has 0 fully saturated rings. The van der Waals surface area contributed by atoms with Crippen LogP contribution in [0.5, 0.6) is 0 Å². The molecule has 2 aromatic heterocycles. The number of aromatic nitrogens is 3. The second-order valence-electron chi connectivity index (χ2n) is 3.57. The molecule has 0 radical (unpaired) electrons. The first-order valence-electron chi connectivity index (χ1n) is 4.74. The summed E-state index contributed by atoms with van der Waals surface area (Å²) in [6, 6.07) is 2.01. The van der Waals surface area contributed by atoms with E-state index in [1.165, 1.54) is 0 Å². The van der Waals surface area contributed by atoms with E-state index in [4.69, 9.17) is 0 Å². The van der Waals surface area contributed by atoms with Crippen molar-refractivity contribution in [3.63, 3.8) is 0 Å². The van der Waals surface area contributed by atoms with Crippen molar-refractivity contribution in [1.82, 2.24) is 15.0 Å². The van der Waals surface area contributed by atoms with Crippen LogP contribution in [0.4, 0.5) is 0 Å². The minimum absolute atomic E-state index is 0.471. The second-order valence-corrected chi connectivity index (χ2v) is 4.52. The Morgan fingerprint density at radius 2 is 2.40 bits per heavy atom. The van der Waals surface area contributed by atoms with E-state index in [1.54, 1.807) is 16.0 Å². The third-order valence-corrected chi connectivity index (χ3v) is 3.38. The minimum atomic E-state index is -0.471. The van der Waals surface area contributed by atoms with Crippen molar-refractivity contribution in [1.29, 1.82) is 0 Å². The van der Waals surface area contributed by atoms with Crippen LogP contribution in [0.3, 0.4) is 0 Å². The fourth-order valence-corrected chi connectivity index (χ4v) is 2.42. The Labute approximate surface area is 92.2 Å². The van der Waals surface area contributed by atoms with Crippen LogP contribution in [0.25, 0.3) is 0 Å². The lowest BCUT2D eigenvalue weighted by Gasteiger charge is -2.07. The summed E-state index contributed by atoms with van der Waals surface area (Å²) in [5.74, 6) is 0. The van der Waals surface area contributed by atoms with Gasteiger partial charge in [-0.05, 0) is 23.9 Å². The molecule has 0 aromatic carbocycles. The van der Waals surface area contributed by atoms with Gasteiger partial charge in [0, 0.05) is 24.5 Å². The maximum Gasteiger partial charge on any atom is 0.0941 e. The number of rotatable bonds is 3. The summed E-state index contributed by atoms with van der Waals surface area (Å²) < 4.78 is 1.64. The van der Waals surface area contributed by atoms with E-state index in [0.717, 1.165) is 16.1 Å². The lowest BCUT2D eigenvalue weighted by molar-refractivity contribution is 0.180. The maximum absolute atomic E-state index is 9.99. The smallest absolute Gasteiger partial charge is 0.0941 e. The highest BCUT2D eigenvalue weighted by Crippen LogP contribution is 2.25. The van der Waals surface area contributed by atoms with Crippen molar-refractivity contribution in [3.05, 3.63) is 33.8 Å². The van der Waals surface area contributed by atoms with Gasteiger partial charge in [-0.25, -0.2) is 0 Å². The zero-order chi connectivity index (χ0) is 10.8. The first-order chi connectivity index (χ1) is 7.16. The number of hydrogen-bond donors (Lipinski definition) is 1. The van der Waals surface area contributed by atoms with Gasteiger partial charge in [-0.1, -0.05) is 5.21 Å². The van der Waals surface area contributed by atoms with Crippen LogP contribution in [0, 0.1) is 6.92 Å². The highest BCUT2D eigenvalue weighted by atomic mass is 32.1. The Morgan fingerprint density at radius 3 is 2.93 bits per heavy atom. The molecule has 1 atom stereocenters. The number of aliphatic hydroxyl groups excluding tert-OH is 1. The topological polar surface area (TPSA) is 50.9 Å². The first-order valence-corrected chi connectivity index (χ1v) is 5.62. The van der Waals surface area contributed by atoms with Gasteiger partial charge >= 0.3 is 0 Å². The third kappa shape index (κ3) is 2.24. The summed E-state index contributed by atoms with van der Waals surface area (Å²) in [4.78, 5) is 1.01. The monoisotopic (exact) mass is 223 g/mol. The zero-order valence-corrected chi connectivity index (χ0v) is 9.53. The van der Waals surface area contributed by atoms with Gasteiger partial charge in [0.1, 0.15) is 0 Å². The zero-order valence-electron chi connectivity index (χ0n) is 8.71. The molecule has 0 bridgehead atoms. The predicted molar refractivity (Wildman–Crippen MR) is 58.7 cm³/mol. The molecule has 2 rings (SSSR count). The van der Waals surface area contributed by atoms with E-state index in [1.807, 2.05) is 31.6 Å². The number of thiophene rings is 1. The Kier molecular flexibility index (Phi) is 2.83. The van der Waals surface area contributed by atoms with Gasteiger partial charge in [0.05, 0.1) is 11.8 Å². The van der Waals surface area contributed by atoms with Gasteiger partial charge in [-0.3, -0.25) is 4.68 Å². The molecule has 15 heavy (non-hydrogen) atoms. The Hall–Kier alpha value is -1.20. The molecule has 0 aliphatic carbocycles. The summed E-state index contributed by atoms with van der Waals surface area (Å²) in [6.45, 7) is 2.01. The molecule has 2 aromatic rings. The van der Waals surface area contributed by atoms with E-state index < -0.39 is 6.10 Å². The van der Waals surface area contributed by atoms with Gasteiger partial charge in [0.15, 0.2) is 0 Å². The Bertz CT molecular complexity index is 449. The molecule has 0 spiro atoms. The van der Waals surface area contributed by atoms with Crippen molar-refractivity contribution < 1.29 is 5.11 Å². The van der Waals surface area contributed by atoms with Crippen molar-refractivity contribution >= 4 is 11.3 Å². The molecule has 0 amide bonds. The van der Waals surface area contributed by atoms with Gasteiger partial charge < -0.3 is 5.11 Å². The quantitative estimate of drug-likeness (QED) is 0.857. The summed E-state index contributed by atoms with van der Waals surface area (Å²) in [5, 5.41) is 19.8. The van der Waals surface area contributed by atoms with Crippen LogP contribution < -0.4 is 0 Å². The first kappa shape index (κ1) is 10.3. The molecule has 1 N–H and O–H groups in total. The number of aliphatic hydroxyl groups is 1. The highest BCUT2D eigenvalue weighted by Gasteiger charge is 2.14.